The Labute approximate surface area is 306 Å². The number of benzene rings is 2. The van der Waals surface area contributed by atoms with Crippen molar-refractivity contribution in [3.8, 4) is 0 Å². The molecule has 0 spiro atoms. The quantitative estimate of drug-likeness (QED) is 0.0584. The van der Waals surface area contributed by atoms with Gasteiger partial charge >= 0.3 is 5.97 Å². The first-order valence-corrected chi connectivity index (χ1v) is 16.8. The summed E-state index contributed by atoms with van der Waals surface area (Å²) in [5.74, 6) is -8.35. The van der Waals surface area contributed by atoms with Gasteiger partial charge in [0, 0.05) is 12.8 Å². The predicted octanol–water partition coefficient (Wildman–Crippen LogP) is -2.90. The van der Waals surface area contributed by atoms with Crippen LogP contribution >= 0.6 is 0 Å². The fourth-order valence-electron chi connectivity index (χ4n) is 5.08. The second-order valence-corrected chi connectivity index (χ2v) is 12.8. The molecule has 2 rings (SSSR count). The number of carboxylic acids is 1. The number of hydrogen-bond donors (Lipinski definition) is 10. The number of primary amides is 2. The third kappa shape index (κ3) is 15.5. The SMILES string of the molecule is CC(C)C[C@H](NC(=O)[C@H](CC(N)=O)NC(=O)[C@@H](N)CO)C(=O)N[C@@H](CC(N)=O)C(=O)N[C@@H](Cc1ccccc1)C(=O)N[C@@H](Cc1ccccc1)C(=O)O. The highest BCUT2D eigenvalue weighted by Gasteiger charge is 2.34. The van der Waals surface area contributed by atoms with Crippen molar-refractivity contribution in [3.05, 3.63) is 71.8 Å². The van der Waals surface area contributed by atoms with E-state index >= 15 is 0 Å². The first-order valence-electron chi connectivity index (χ1n) is 16.8. The van der Waals surface area contributed by atoms with Crippen LogP contribution in [0.25, 0.3) is 0 Å². The minimum atomic E-state index is -1.67. The Hall–Kier alpha value is -5.88. The Kier molecular flexibility index (Phi) is 17.5. The molecule has 0 aliphatic heterocycles. The van der Waals surface area contributed by atoms with E-state index in [2.05, 4.69) is 26.6 Å². The number of nitrogens with two attached hydrogens (primary N) is 3. The van der Waals surface area contributed by atoms with Gasteiger partial charge in [-0.05, 0) is 23.5 Å². The number of carbonyl (C=O) groups excluding carboxylic acids is 7. The molecule has 0 aliphatic rings. The monoisotopic (exact) mass is 740 g/mol. The number of aliphatic hydroxyl groups excluding tert-OH is 1. The maximum Gasteiger partial charge on any atom is 0.326 e. The summed E-state index contributed by atoms with van der Waals surface area (Å²) in [5, 5.41) is 31.0. The smallest absolute Gasteiger partial charge is 0.326 e. The van der Waals surface area contributed by atoms with Gasteiger partial charge in [0.05, 0.1) is 19.4 Å². The lowest BCUT2D eigenvalue weighted by Gasteiger charge is -2.27. The molecule has 0 aromatic heterocycles. The van der Waals surface area contributed by atoms with Crippen LogP contribution in [0.4, 0.5) is 0 Å². The van der Waals surface area contributed by atoms with E-state index in [9.17, 15) is 48.6 Å². The molecule has 288 valence electrons. The van der Waals surface area contributed by atoms with E-state index in [0.717, 1.165) is 0 Å². The van der Waals surface area contributed by atoms with Gasteiger partial charge in [-0.3, -0.25) is 33.6 Å². The molecule has 53 heavy (non-hydrogen) atoms. The van der Waals surface area contributed by atoms with E-state index < -0.39 is 103 Å². The fourth-order valence-corrected chi connectivity index (χ4v) is 5.08. The first-order chi connectivity index (χ1) is 25.0. The van der Waals surface area contributed by atoms with Gasteiger partial charge in [0.15, 0.2) is 0 Å². The summed E-state index contributed by atoms with van der Waals surface area (Å²) in [7, 11) is 0. The number of aliphatic hydroxyl groups is 1. The molecule has 0 saturated carbocycles. The summed E-state index contributed by atoms with van der Waals surface area (Å²) in [6.07, 6.45) is -1.60. The van der Waals surface area contributed by atoms with Crippen LogP contribution in [0.3, 0.4) is 0 Å². The molecule has 0 aliphatic carbocycles. The Morgan fingerprint density at radius 2 is 0.925 bits per heavy atom. The van der Waals surface area contributed by atoms with Crippen LogP contribution in [-0.4, -0.2) is 100 Å². The van der Waals surface area contributed by atoms with E-state index in [1.165, 1.54) is 0 Å². The van der Waals surface area contributed by atoms with Gasteiger partial charge in [-0.2, -0.15) is 0 Å². The molecule has 0 radical (unpaired) electrons. The minimum absolute atomic E-state index is 0.0209. The molecule has 18 heteroatoms. The highest BCUT2D eigenvalue weighted by Crippen LogP contribution is 2.10. The van der Waals surface area contributed by atoms with Gasteiger partial charge in [0.25, 0.3) is 0 Å². The van der Waals surface area contributed by atoms with Gasteiger partial charge in [-0.1, -0.05) is 74.5 Å². The summed E-state index contributed by atoms with van der Waals surface area (Å²) in [6.45, 7) is 2.68. The number of nitrogens with one attached hydrogen (secondary N) is 5. The Morgan fingerprint density at radius 1 is 0.566 bits per heavy atom. The summed E-state index contributed by atoms with van der Waals surface area (Å²) in [5.41, 5.74) is 17.4. The summed E-state index contributed by atoms with van der Waals surface area (Å²) < 4.78 is 0. The number of rotatable bonds is 22. The van der Waals surface area contributed by atoms with Gasteiger partial charge in [0.2, 0.25) is 41.4 Å². The molecule has 2 aromatic rings. The van der Waals surface area contributed by atoms with E-state index in [4.69, 9.17) is 17.2 Å². The average Bonchev–Trinajstić information content (AvgIpc) is 3.09. The van der Waals surface area contributed by atoms with Crippen molar-refractivity contribution >= 4 is 47.3 Å². The fraction of sp³-hybridized carbons (Fsp3) is 0.429. The molecule has 0 saturated heterocycles. The Morgan fingerprint density at radius 3 is 1.34 bits per heavy atom. The Bertz CT molecular complexity index is 1590. The van der Waals surface area contributed by atoms with Crippen LogP contribution < -0.4 is 43.8 Å². The largest absolute Gasteiger partial charge is 0.480 e. The number of carboxylic acid groups (broad SMARTS) is 1. The second kappa shape index (κ2) is 21.5. The maximum absolute atomic E-state index is 13.7. The molecule has 7 amide bonds. The zero-order chi connectivity index (χ0) is 39.7. The van der Waals surface area contributed by atoms with E-state index in [1.54, 1.807) is 74.5 Å². The number of aliphatic carboxylic acids is 1. The first kappa shape index (κ1) is 43.3. The maximum atomic E-state index is 13.7. The molecule has 0 fully saturated rings. The molecule has 2 aromatic carbocycles. The molecular formula is C35H48N8O10. The van der Waals surface area contributed by atoms with Crippen LogP contribution in [0.5, 0.6) is 0 Å². The van der Waals surface area contributed by atoms with Crippen molar-refractivity contribution in [2.24, 2.45) is 23.1 Å². The molecular weight excluding hydrogens is 692 g/mol. The summed E-state index contributed by atoms with van der Waals surface area (Å²) >= 11 is 0. The lowest BCUT2D eigenvalue weighted by molar-refractivity contribution is -0.142. The normalized spacial score (nSPS) is 14.3. The molecule has 0 unspecified atom stereocenters. The minimum Gasteiger partial charge on any atom is -0.480 e. The lowest BCUT2D eigenvalue weighted by atomic mass is 10.0. The van der Waals surface area contributed by atoms with Crippen molar-refractivity contribution in [1.29, 1.82) is 0 Å². The third-order valence-corrected chi connectivity index (χ3v) is 7.76. The van der Waals surface area contributed by atoms with Crippen molar-refractivity contribution in [1.82, 2.24) is 26.6 Å². The molecule has 6 atom stereocenters. The van der Waals surface area contributed by atoms with Crippen molar-refractivity contribution < 1.29 is 48.6 Å². The predicted molar refractivity (Wildman–Crippen MR) is 190 cm³/mol. The highest BCUT2D eigenvalue weighted by atomic mass is 16.4. The van der Waals surface area contributed by atoms with Crippen molar-refractivity contribution in [2.45, 2.75) is 82.2 Å². The van der Waals surface area contributed by atoms with Crippen LogP contribution in [0.2, 0.25) is 0 Å². The van der Waals surface area contributed by atoms with Crippen LogP contribution in [-0.2, 0) is 51.2 Å². The van der Waals surface area contributed by atoms with Gasteiger partial charge < -0.3 is 54.0 Å². The van der Waals surface area contributed by atoms with E-state index in [-0.39, 0.29) is 25.2 Å². The Balaban J connectivity index is 2.34. The van der Waals surface area contributed by atoms with Gasteiger partial charge in [-0.15, -0.1) is 0 Å². The van der Waals surface area contributed by atoms with Gasteiger partial charge in [-0.25, -0.2) is 4.79 Å². The number of hydrogen-bond acceptors (Lipinski definition) is 10. The zero-order valence-corrected chi connectivity index (χ0v) is 29.5. The highest BCUT2D eigenvalue weighted by molar-refractivity contribution is 5.98. The zero-order valence-electron chi connectivity index (χ0n) is 29.5. The van der Waals surface area contributed by atoms with Crippen molar-refractivity contribution in [3.63, 3.8) is 0 Å². The van der Waals surface area contributed by atoms with E-state index in [0.29, 0.717) is 11.1 Å². The lowest BCUT2D eigenvalue weighted by Crippen LogP contribution is -2.60. The third-order valence-electron chi connectivity index (χ3n) is 7.76. The number of carbonyl (C=O) groups is 8. The van der Waals surface area contributed by atoms with Gasteiger partial charge in [0.1, 0.15) is 36.3 Å². The molecule has 18 nitrogen and oxygen atoms in total. The van der Waals surface area contributed by atoms with E-state index in [1.807, 2.05) is 0 Å². The average molecular weight is 741 g/mol. The standard InChI is InChI=1S/C35H48N8O10/c1-19(2)13-23(40-33(50)25(16-28(37)45)39-30(47)22(36)18-44)31(48)42-26(17-29(38)46)34(51)41-24(14-20-9-5-3-6-10-20)32(49)43-27(35(52)53)15-21-11-7-4-8-12-21/h3-12,19,22-27,44H,13-18,36H2,1-2H3,(H2,37,45)(H2,38,46)(H,39,47)(H,40,50)(H,41,51)(H,42,48)(H,43,49)(H,52,53)/t22-,23-,24-,25-,26-,27-/m0/s1. The second-order valence-electron chi connectivity index (χ2n) is 12.8. The molecule has 0 heterocycles. The van der Waals surface area contributed by atoms with Crippen molar-refractivity contribution in [2.75, 3.05) is 6.61 Å². The number of amides is 7. The molecule has 13 N–H and O–H groups in total. The molecule has 0 bridgehead atoms. The summed E-state index contributed by atoms with van der Waals surface area (Å²) in [6, 6.07) is 8.23. The van der Waals surface area contributed by atoms with Crippen LogP contribution in [0.1, 0.15) is 44.2 Å². The van der Waals surface area contributed by atoms with Crippen LogP contribution in [0, 0.1) is 5.92 Å². The topological polar surface area (TPSA) is 315 Å². The summed E-state index contributed by atoms with van der Waals surface area (Å²) in [4.78, 5) is 102. The van der Waals surface area contributed by atoms with Crippen LogP contribution in [0.15, 0.2) is 60.7 Å².